The van der Waals surface area contributed by atoms with E-state index in [-0.39, 0.29) is 5.91 Å². The van der Waals surface area contributed by atoms with Crippen molar-refractivity contribution in [3.05, 3.63) is 53.0 Å². The number of carbonyl (C=O) groups excluding carboxylic acids is 1. The number of anilines is 1. The smallest absolute Gasteiger partial charge is 0.227 e. The van der Waals surface area contributed by atoms with Crippen LogP contribution in [0, 0.1) is 6.92 Å². The third-order valence-corrected chi connectivity index (χ3v) is 5.47. The van der Waals surface area contributed by atoms with Gasteiger partial charge in [0, 0.05) is 25.6 Å². The summed E-state index contributed by atoms with van der Waals surface area (Å²) in [5, 5.41) is 14.7. The van der Waals surface area contributed by atoms with Gasteiger partial charge in [0.25, 0.3) is 0 Å². The maximum Gasteiger partial charge on any atom is 0.227 e. The fourth-order valence-electron chi connectivity index (χ4n) is 3.25. The number of benzene rings is 2. The molecule has 1 aliphatic carbocycles. The maximum absolute atomic E-state index is 12.2. The number of aryl methyl sites for hydroxylation is 1. The normalized spacial score (nSPS) is 14.1. The lowest BCUT2D eigenvalue weighted by Gasteiger charge is -2.22. The highest BCUT2D eigenvalue weighted by atomic mass is 32.1. The number of carbonyl (C=O) groups is 1. The van der Waals surface area contributed by atoms with Crippen molar-refractivity contribution in [3.8, 4) is 0 Å². The molecule has 1 aliphatic rings. The summed E-state index contributed by atoms with van der Waals surface area (Å²) in [5.74, 6) is 0.00437. The Labute approximate surface area is 157 Å². The Kier molecular flexibility index (Phi) is 4.95. The molecule has 26 heavy (non-hydrogen) atoms. The van der Waals surface area contributed by atoms with Crippen LogP contribution >= 0.6 is 11.3 Å². The first kappa shape index (κ1) is 17.1. The predicted molar refractivity (Wildman–Crippen MR) is 105 cm³/mol. The van der Waals surface area contributed by atoms with Gasteiger partial charge in [-0.3, -0.25) is 9.69 Å². The first-order valence-corrected chi connectivity index (χ1v) is 9.81. The minimum Gasteiger partial charge on any atom is -0.300 e. The summed E-state index contributed by atoms with van der Waals surface area (Å²) in [5.41, 5.74) is 1.33. The first-order chi connectivity index (χ1) is 12.7. The molecule has 1 amide bonds. The average Bonchev–Trinajstić information content (AvgIpc) is 3.41. The fraction of sp³-hybridized carbons (Fsp3) is 0.350. The zero-order valence-electron chi connectivity index (χ0n) is 14.8. The molecule has 2 aromatic carbocycles. The van der Waals surface area contributed by atoms with Gasteiger partial charge >= 0.3 is 0 Å². The SMILES string of the molecule is Cc1nnc(NC(=O)CCN(Cc2cccc3ccccc23)C2CC2)s1. The number of hydrogen-bond donors (Lipinski definition) is 1. The van der Waals surface area contributed by atoms with Gasteiger partial charge in [-0.25, -0.2) is 0 Å². The van der Waals surface area contributed by atoms with E-state index in [4.69, 9.17) is 0 Å². The van der Waals surface area contributed by atoms with Crippen LogP contribution < -0.4 is 5.32 Å². The molecule has 0 unspecified atom stereocenters. The zero-order valence-corrected chi connectivity index (χ0v) is 15.6. The summed E-state index contributed by atoms with van der Waals surface area (Å²) in [4.78, 5) is 14.7. The molecule has 1 saturated carbocycles. The van der Waals surface area contributed by atoms with Crippen LogP contribution in [0.2, 0.25) is 0 Å². The van der Waals surface area contributed by atoms with E-state index in [1.165, 1.54) is 40.5 Å². The summed E-state index contributed by atoms with van der Waals surface area (Å²) < 4.78 is 0. The molecule has 0 atom stereocenters. The van der Waals surface area contributed by atoms with E-state index in [1.54, 1.807) is 0 Å². The summed E-state index contributed by atoms with van der Waals surface area (Å²) in [6.45, 7) is 3.53. The van der Waals surface area contributed by atoms with Gasteiger partial charge in [-0.1, -0.05) is 53.8 Å². The lowest BCUT2D eigenvalue weighted by molar-refractivity contribution is -0.116. The van der Waals surface area contributed by atoms with Crippen molar-refractivity contribution in [1.29, 1.82) is 0 Å². The molecule has 5 nitrogen and oxygen atoms in total. The van der Waals surface area contributed by atoms with Crippen LogP contribution in [-0.2, 0) is 11.3 Å². The number of amides is 1. The van der Waals surface area contributed by atoms with Crippen LogP contribution in [0.4, 0.5) is 5.13 Å². The molecule has 1 aromatic heterocycles. The Morgan fingerprint density at radius 3 is 2.77 bits per heavy atom. The van der Waals surface area contributed by atoms with E-state index in [0.29, 0.717) is 17.6 Å². The number of nitrogens with zero attached hydrogens (tertiary/aromatic N) is 3. The van der Waals surface area contributed by atoms with Crippen molar-refractivity contribution in [2.24, 2.45) is 0 Å². The molecule has 4 rings (SSSR count). The number of hydrogen-bond acceptors (Lipinski definition) is 5. The van der Waals surface area contributed by atoms with Crippen LogP contribution in [-0.4, -0.2) is 33.6 Å². The standard InChI is InChI=1S/C20H22N4OS/c1-14-22-23-20(26-14)21-19(25)11-12-24(17-9-10-17)13-16-7-4-6-15-5-2-3-8-18(15)16/h2-8,17H,9-13H2,1H3,(H,21,23,25). The van der Waals surface area contributed by atoms with Crippen molar-refractivity contribution in [2.75, 3.05) is 11.9 Å². The molecule has 0 spiro atoms. The number of fused-ring (bicyclic) bond motifs is 1. The van der Waals surface area contributed by atoms with Gasteiger partial charge in [-0.15, -0.1) is 10.2 Å². The predicted octanol–water partition coefficient (Wildman–Crippen LogP) is 3.99. The summed E-state index contributed by atoms with van der Waals surface area (Å²) >= 11 is 1.41. The second kappa shape index (κ2) is 7.51. The number of nitrogens with one attached hydrogen (secondary N) is 1. The monoisotopic (exact) mass is 366 g/mol. The Morgan fingerprint density at radius 1 is 1.19 bits per heavy atom. The van der Waals surface area contributed by atoms with E-state index < -0.39 is 0 Å². The quantitative estimate of drug-likeness (QED) is 0.687. The third-order valence-electron chi connectivity index (χ3n) is 4.72. The molecule has 0 radical (unpaired) electrons. The lowest BCUT2D eigenvalue weighted by Crippen LogP contribution is -2.29. The van der Waals surface area contributed by atoms with Gasteiger partial charge in [0.2, 0.25) is 11.0 Å². The number of rotatable bonds is 7. The van der Waals surface area contributed by atoms with Crippen molar-refractivity contribution < 1.29 is 4.79 Å². The van der Waals surface area contributed by atoms with Crippen LogP contribution in [0.5, 0.6) is 0 Å². The van der Waals surface area contributed by atoms with E-state index in [2.05, 4.69) is 62.9 Å². The average molecular weight is 366 g/mol. The van der Waals surface area contributed by atoms with E-state index in [9.17, 15) is 4.79 Å². The van der Waals surface area contributed by atoms with Gasteiger partial charge in [-0.2, -0.15) is 0 Å². The highest BCUT2D eigenvalue weighted by Crippen LogP contribution is 2.30. The molecule has 0 aliphatic heterocycles. The van der Waals surface area contributed by atoms with Gasteiger partial charge in [0.1, 0.15) is 5.01 Å². The Balaban J connectivity index is 1.41. The van der Waals surface area contributed by atoms with Gasteiger partial charge in [0.05, 0.1) is 0 Å². The maximum atomic E-state index is 12.2. The molecule has 0 bridgehead atoms. The van der Waals surface area contributed by atoms with Crippen LogP contribution in [0.15, 0.2) is 42.5 Å². The fourth-order valence-corrected chi connectivity index (χ4v) is 3.86. The highest BCUT2D eigenvalue weighted by Gasteiger charge is 2.29. The van der Waals surface area contributed by atoms with Gasteiger partial charge < -0.3 is 5.32 Å². The minimum absolute atomic E-state index is 0.00437. The second-order valence-electron chi connectivity index (χ2n) is 6.76. The second-order valence-corrected chi connectivity index (χ2v) is 7.95. The minimum atomic E-state index is 0.00437. The molecular formula is C20H22N4OS. The van der Waals surface area contributed by atoms with E-state index in [1.807, 2.05) is 6.92 Å². The van der Waals surface area contributed by atoms with Crippen LogP contribution in [0.1, 0.15) is 29.8 Å². The molecule has 1 fully saturated rings. The van der Waals surface area contributed by atoms with Gasteiger partial charge in [0.15, 0.2) is 0 Å². The van der Waals surface area contributed by atoms with Crippen molar-refractivity contribution in [1.82, 2.24) is 15.1 Å². The van der Waals surface area contributed by atoms with Crippen molar-refractivity contribution >= 4 is 33.1 Å². The highest BCUT2D eigenvalue weighted by molar-refractivity contribution is 7.15. The van der Waals surface area contributed by atoms with Crippen molar-refractivity contribution in [3.63, 3.8) is 0 Å². The molecule has 3 aromatic rings. The van der Waals surface area contributed by atoms with Crippen molar-refractivity contribution in [2.45, 2.75) is 38.8 Å². The molecule has 134 valence electrons. The summed E-state index contributed by atoms with van der Waals surface area (Å²) in [7, 11) is 0. The topological polar surface area (TPSA) is 58.1 Å². The summed E-state index contributed by atoms with van der Waals surface area (Å²) in [6, 6.07) is 15.6. The lowest BCUT2D eigenvalue weighted by atomic mass is 10.0. The van der Waals surface area contributed by atoms with Crippen LogP contribution in [0.3, 0.4) is 0 Å². The Morgan fingerprint density at radius 2 is 2.00 bits per heavy atom. The molecular weight excluding hydrogens is 344 g/mol. The number of aromatic nitrogens is 2. The van der Waals surface area contributed by atoms with E-state index >= 15 is 0 Å². The largest absolute Gasteiger partial charge is 0.300 e. The Hall–Kier alpha value is -2.31. The Bertz CT molecular complexity index is 914. The summed E-state index contributed by atoms with van der Waals surface area (Å²) in [6.07, 6.45) is 2.92. The molecule has 6 heteroatoms. The third kappa shape index (κ3) is 4.08. The zero-order chi connectivity index (χ0) is 17.9. The molecule has 1 heterocycles. The molecule has 0 saturated heterocycles. The molecule has 1 N–H and O–H groups in total. The van der Waals surface area contributed by atoms with E-state index in [0.717, 1.165) is 18.1 Å². The van der Waals surface area contributed by atoms with Gasteiger partial charge in [-0.05, 0) is 36.1 Å². The first-order valence-electron chi connectivity index (χ1n) is 9.00. The van der Waals surface area contributed by atoms with Crippen LogP contribution in [0.25, 0.3) is 10.8 Å².